The third-order valence-electron chi connectivity index (χ3n) is 3.42. The predicted molar refractivity (Wildman–Crippen MR) is 101 cm³/mol. The van der Waals surface area contributed by atoms with Gasteiger partial charge in [-0.25, -0.2) is 9.78 Å². The van der Waals surface area contributed by atoms with E-state index in [1.165, 1.54) is 11.3 Å². The second kappa shape index (κ2) is 8.59. The van der Waals surface area contributed by atoms with Crippen LogP contribution in [-0.2, 0) is 16.1 Å². The van der Waals surface area contributed by atoms with Gasteiger partial charge in [0.25, 0.3) is 5.91 Å². The molecule has 0 bridgehead atoms. The molecular weight excluding hydrogens is 372 g/mol. The van der Waals surface area contributed by atoms with E-state index >= 15 is 0 Å². The normalized spacial score (nSPS) is 10.3. The number of carbonyl (C=O) groups excluding carboxylic acids is 2. The number of benzene rings is 1. The molecule has 2 aromatic heterocycles. The highest BCUT2D eigenvalue weighted by Gasteiger charge is 2.15. The maximum Gasteiger partial charge on any atom is 0.358 e. The molecule has 0 radical (unpaired) electrons. The van der Waals surface area contributed by atoms with Crippen molar-refractivity contribution in [2.75, 3.05) is 13.7 Å². The van der Waals surface area contributed by atoms with E-state index in [-0.39, 0.29) is 18.2 Å². The Morgan fingerprint density at radius 3 is 2.65 bits per heavy atom. The van der Waals surface area contributed by atoms with Crippen molar-refractivity contribution >= 4 is 34.6 Å². The molecule has 2 heterocycles. The van der Waals surface area contributed by atoms with E-state index in [4.69, 9.17) is 9.47 Å². The molecule has 6 nitrogen and oxygen atoms in total. The van der Waals surface area contributed by atoms with Crippen LogP contribution in [0.2, 0.25) is 0 Å². The summed E-state index contributed by atoms with van der Waals surface area (Å²) in [5.74, 6) is -0.219. The van der Waals surface area contributed by atoms with Crippen LogP contribution in [-0.4, -0.2) is 30.6 Å². The number of amides is 1. The minimum Gasteiger partial charge on any atom is -0.497 e. The Balaban J connectivity index is 1.51. The van der Waals surface area contributed by atoms with Gasteiger partial charge in [0.1, 0.15) is 10.8 Å². The number of nitrogens with one attached hydrogen (secondary N) is 1. The Bertz CT molecular complexity index is 873. The molecule has 0 saturated heterocycles. The average Bonchev–Trinajstić information content (AvgIpc) is 3.36. The molecule has 26 heavy (non-hydrogen) atoms. The highest BCUT2D eigenvalue weighted by molar-refractivity contribution is 7.13. The van der Waals surface area contributed by atoms with Crippen LogP contribution in [0.15, 0.2) is 47.2 Å². The molecule has 0 aliphatic carbocycles. The Morgan fingerprint density at radius 2 is 1.96 bits per heavy atom. The van der Waals surface area contributed by atoms with Gasteiger partial charge in [-0.15, -0.1) is 22.7 Å². The molecule has 1 amide bonds. The average molecular weight is 388 g/mol. The number of rotatable bonds is 7. The first-order valence-electron chi connectivity index (χ1n) is 7.72. The third kappa shape index (κ3) is 4.68. The summed E-state index contributed by atoms with van der Waals surface area (Å²) in [6.45, 7) is 0.0893. The number of ether oxygens (including phenoxy) is 2. The van der Waals surface area contributed by atoms with Crippen molar-refractivity contribution in [3.8, 4) is 16.3 Å². The Kier molecular flexibility index (Phi) is 5.98. The molecule has 0 atom stereocenters. The Morgan fingerprint density at radius 1 is 1.15 bits per heavy atom. The quantitative estimate of drug-likeness (QED) is 0.628. The van der Waals surface area contributed by atoms with Crippen LogP contribution in [0, 0.1) is 0 Å². The number of nitrogens with zero attached hydrogens (tertiary/aromatic N) is 1. The van der Waals surface area contributed by atoms with Crippen molar-refractivity contribution in [3.63, 3.8) is 0 Å². The molecule has 3 aromatic rings. The molecular formula is C18H16N2O4S2. The second-order valence-electron chi connectivity index (χ2n) is 5.20. The highest BCUT2D eigenvalue weighted by atomic mass is 32.1. The summed E-state index contributed by atoms with van der Waals surface area (Å²) < 4.78 is 10.1. The first kappa shape index (κ1) is 18.1. The van der Waals surface area contributed by atoms with E-state index in [2.05, 4.69) is 10.3 Å². The van der Waals surface area contributed by atoms with Crippen LogP contribution in [0.1, 0.15) is 15.4 Å². The van der Waals surface area contributed by atoms with Gasteiger partial charge in [-0.1, -0.05) is 6.07 Å². The van der Waals surface area contributed by atoms with Crippen molar-refractivity contribution in [2.45, 2.75) is 6.54 Å². The lowest BCUT2D eigenvalue weighted by molar-refractivity contribution is -0.124. The SMILES string of the molecule is COc1ccc(-c2nc(C(=O)OCC(=O)NCc3cccs3)cs2)cc1. The van der Waals surface area contributed by atoms with Crippen LogP contribution >= 0.6 is 22.7 Å². The Hall–Kier alpha value is -2.71. The summed E-state index contributed by atoms with van der Waals surface area (Å²) in [6.07, 6.45) is 0. The molecule has 0 fully saturated rings. The van der Waals surface area contributed by atoms with Crippen LogP contribution < -0.4 is 10.1 Å². The van der Waals surface area contributed by atoms with Gasteiger partial charge in [0.15, 0.2) is 12.3 Å². The zero-order chi connectivity index (χ0) is 18.4. The van der Waals surface area contributed by atoms with E-state index in [1.807, 2.05) is 41.8 Å². The topological polar surface area (TPSA) is 77.5 Å². The second-order valence-corrected chi connectivity index (χ2v) is 7.09. The van der Waals surface area contributed by atoms with Gasteiger partial charge in [0.2, 0.25) is 0 Å². The van der Waals surface area contributed by atoms with Crippen molar-refractivity contribution in [3.05, 3.63) is 57.7 Å². The summed E-state index contributed by atoms with van der Waals surface area (Å²) in [5, 5.41) is 6.95. The summed E-state index contributed by atoms with van der Waals surface area (Å²) >= 11 is 2.89. The number of thiophene rings is 1. The van der Waals surface area contributed by atoms with Gasteiger partial charge in [0.05, 0.1) is 13.7 Å². The maximum atomic E-state index is 12.1. The van der Waals surface area contributed by atoms with Gasteiger partial charge in [-0.3, -0.25) is 4.79 Å². The lowest BCUT2D eigenvalue weighted by atomic mass is 10.2. The van der Waals surface area contributed by atoms with Crippen molar-refractivity contribution in [2.24, 2.45) is 0 Å². The first-order valence-corrected chi connectivity index (χ1v) is 9.48. The van der Waals surface area contributed by atoms with Crippen molar-refractivity contribution in [1.82, 2.24) is 10.3 Å². The van der Waals surface area contributed by atoms with E-state index in [0.29, 0.717) is 11.6 Å². The summed E-state index contributed by atoms with van der Waals surface area (Å²) in [7, 11) is 1.60. The molecule has 0 aliphatic rings. The van der Waals surface area contributed by atoms with Crippen molar-refractivity contribution in [1.29, 1.82) is 0 Å². The maximum absolute atomic E-state index is 12.1. The zero-order valence-corrected chi connectivity index (χ0v) is 15.6. The van der Waals surface area contributed by atoms with Gasteiger partial charge < -0.3 is 14.8 Å². The minimum atomic E-state index is -0.618. The van der Waals surface area contributed by atoms with Gasteiger partial charge >= 0.3 is 5.97 Å². The van der Waals surface area contributed by atoms with E-state index in [0.717, 1.165) is 16.2 Å². The number of thiazole rings is 1. The van der Waals surface area contributed by atoms with Crippen LogP contribution in [0.4, 0.5) is 0 Å². The number of carbonyl (C=O) groups is 2. The minimum absolute atomic E-state index is 0.187. The van der Waals surface area contributed by atoms with Crippen LogP contribution in [0.25, 0.3) is 10.6 Å². The molecule has 0 spiro atoms. The lowest BCUT2D eigenvalue weighted by Gasteiger charge is -2.04. The highest BCUT2D eigenvalue weighted by Crippen LogP contribution is 2.25. The van der Waals surface area contributed by atoms with E-state index < -0.39 is 5.97 Å². The largest absolute Gasteiger partial charge is 0.497 e. The monoisotopic (exact) mass is 388 g/mol. The number of hydrogen-bond donors (Lipinski definition) is 1. The number of methoxy groups -OCH3 is 1. The van der Waals surface area contributed by atoms with Gasteiger partial charge in [0, 0.05) is 15.8 Å². The molecule has 0 unspecified atom stereocenters. The number of aromatic nitrogens is 1. The smallest absolute Gasteiger partial charge is 0.358 e. The summed E-state index contributed by atoms with van der Waals surface area (Å²) in [5.41, 5.74) is 1.07. The molecule has 8 heteroatoms. The summed E-state index contributed by atoms with van der Waals surface area (Å²) in [4.78, 5) is 29.1. The molecule has 0 saturated carbocycles. The molecule has 3 rings (SSSR count). The fraction of sp³-hybridized carbons (Fsp3) is 0.167. The van der Waals surface area contributed by atoms with Crippen LogP contribution in [0.3, 0.4) is 0 Å². The predicted octanol–water partition coefficient (Wildman–Crippen LogP) is 3.35. The standard InChI is InChI=1S/C18H16N2O4S2/c1-23-13-6-4-12(5-7-13)17-20-15(11-26-17)18(22)24-10-16(21)19-9-14-3-2-8-25-14/h2-8,11H,9-10H2,1H3,(H,19,21). The summed E-state index contributed by atoms with van der Waals surface area (Å²) in [6, 6.07) is 11.2. The zero-order valence-electron chi connectivity index (χ0n) is 13.9. The van der Waals surface area contributed by atoms with Crippen LogP contribution in [0.5, 0.6) is 5.75 Å². The fourth-order valence-corrected chi connectivity index (χ4v) is 3.53. The molecule has 0 aliphatic heterocycles. The molecule has 1 N–H and O–H groups in total. The number of esters is 1. The van der Waals surface area contributed by atoms with Crippen molar-refractivity contribution < 1.29 is 19.1 Å². The fourth-order valence-electron chi connectivity index (χ4n) is 2.09. The molecule has 134 valence electrons. The molecule has 1 aromatic carbocycles. The number of hydrogen-bond acceptors (Lipinski definition) is 7. The first-order chi connectivity index (χ1) is 12.7. The van der Waals surface area contributed by atoms with E-state index in [9.17, 15) is 9.59 Å². The van der Waals surface area contributed by atoms with Gasteiger partial charge in [-0.05, 0) is 35.7 Å². The Labute approximate surface area is 158 Å². The van der Waals surface area contributed by atoms with Gasteiger partial charge in [-0.2, -0.15) is 0 Å². The van der Waals surface area contributed by atoms with E-state index in [1.54, 1.807) is 23.8 Å². The third-order valence-corrected chi connectivity index (χ3v) is 5.19. The lowest BCUT2D eigenvalue weighted by Crippen LogP contribution is -2.28.